The van der Waals surface area contributed by atoms with Crippen LogP contribution in [0.2, 0.25) is 5.02 Å². The number of sulfonamides is 1. The summed E-state index contributed by atoms with van der Waals surface area (Å²) in [6.45, 7) is 0.331. The molecule has 20 heavy (non-hydrogen) atoms. The average Bonchev–Trinajstić information content (AvgIpc) is 2.38. The van der Waals surface area contributed by atoms with Crippen molar-refractivity contribution < 1.29 is 23.1 Å². The molecule has 1 aromatic rings. The molecule has 1 aliphatic heterocycles. The summed E-state index contributed by atoms with van der Waals surface area (Å²) in [5.41, 5.74) is 0.156. The third kappa shape index (κ3) is 2.69. The van der Waals surface area contributed by atoms with Crippen LogP contribution in [0.1, 0.15) is 23.2 Å². The van der Waals surface area contributed by atoms with E-state index in [1.165, 1.54) is 23.5 Å². The first kappa shape index (κ1) is 14.9. The first-order chi connectivity index (χ1) is 9.36. The number of hydrogen-bond donors (Lipinski definition) is 1. The highest BCUT2D eigenvalue weighted by atomic mass is 35.5. The maximum Gasteiger partial charge on any atom is 0.339 e. The molecule has 0 radical (unpaired) electrons. The molecule has 1 aromatic carbocycles. The zero-order valence-electron chi connectivity index (χ0n) is 10.8. The lowest BCUT2D eigenvalue weighted by Gasteiger charge is -2.29. The van der Waals surface area contributed by atoms with Gasteiger partial charge in [0.1, 0.15) is 11.3 Å². The maximum absolute atomic E-state index is 12.1. The molecule has 0 aromatic heterocycles. The third-order valence-electron chi connectivity index (χ3n) is 3.12. The summed E-state index contributed by atoms with van der Waals surface area (Å²) in [7, 11) is -2.09. The zero-order valence-corrected chi connectivity index (χ0v) is 12.4. The van der Waals surface area contributed by atoms with Gasteiger partial charge in [-0.3, -0.25) is 4.31 Å². The van der Waals surface area contributed by atoms with E-state index in [9.17, 15) is 13.2 Å². The number of carboxylic acids is 1. The molecule has 8 heteroatoms. The Labute approximate surface area is 122 Å². The fourth-order valence-electron chi connectivity index (χ4n) is 2.13. The van der Waals surface area contributed by atoms with E-state index in [1.807, 2.05) is 0 Å². The Balaban J connectivity index is 2.55. The van der Waals surface area contributed by atoms with Crippen molar-refractivity contribution in [3.8, 4) is 5.75 Å². The molecule has 1 saturated heterocycles. The van der Waals surface area contributed by atoms with Crippen LogP contribution >= 0.6 is 11.6 Å². The largest absolute Gasteiger partial charge is 0.496 e. The highest BCUT2D eigenvalue weighted by Crippen LogP contribution is 2.36. The molecule has 2 rings (SSSR count). The molecule has 1 N–H and O–H groups in total. The van der Waals surface area contributed by atoms with Crippen molar-refractivity contribution in [3.63, 3.8) is 0 Å². The van der Waals surface area contributed by atoms with E-state index in [4.69, 9.17) is 21.4 Å². The van der Waals surface area contributed by atoms with Crippen LogP contribution in [0.5, 0.6) is 5.75 Å². The number of halogens is 1. The molecule has 0 amide bonds. The molecule has 0 spiro atoms. The van der Waals surface area contributed by atoms with E-state index in [1.54, 1.807) is 0 Å². The van der Waals surface area contributed by atoms with Crippen molar-refractivity contribution in [2.24, 2.45) is 0 Å². The molecule has 110 valence electrons. The number of anilines is 1. The Bertz CT molecular complexity index is 643. The third-order valence-corrected chi connectivity index (χ3v) is 5.28. The summed E-state index contributed by atoms with van der Waals surface area (Å²) in [5, 5.41) is 9.13. The minimum absolute atomic E-state index is 0.0618. The number of hydrogen-bond acceptors (Lipinski definition) is 4. The van der Waals surface area contributed by atoms with Crippen LogP contribution < -0.4 is 9.04 Å². The average molecular weight is 320 g/mol. The Kier molecular flexibility index (Phi) is 4.10. The van der Waals surface area contributed by atoms with E-state index < -0.39 is 16.0 Å². The predicted molar refractivity (Wildman–Crippen MR) is 75.3 cm³/mol. The predicted octanol–water partition coefficient (Wildman–Crippen LogP) is 1.98. The lowest BCUT2D eigenvalue weighted by atomic mass is 10.1. The SMILES string of the molecule is COc1cc(N2CCCCS2(=O)=O)c(Cl)cc1C(=O)O. The van der Waals surface area contributed by atoms with Crippen LogP contribution in [-0.2, 0) is 10.0 Å². The minimum atomic E-state index is -3.41. The van der Waals surface area contributed by atoms with Crippen LogP contribution in [-0.4, -0.2) is 38.9 Å². The van der Waals surface area contributed by atoms with E-state index in [-0.39, 0.29) is 27.8 Å². The van der Waals surface area contributed by atoms with E-state index in [0.29, 0.717) is 13.0 Å². The van der Waals surface area contributed by atoms with Crippen molar-refractivity contribution in [3.05, 3.63) is 22.7 Å². The van der Waals surface area contributed by atoms with Gasteiger partial charge in [-0.15, -0.1) is 0 Å². The van der Waals surface area contributed by atoms with Crippen molar-refractivity contribution in [2.45, 2.75) is 12.8 Å². The number of ether oxygens (including phenoxy) is 1. The van der Waals surface area contributed by atoms with Crippen LogP contribution in [0, 0.1) is 0 Å². The Hall–Kier alpha value is -1.47. The molecular weight excluding hydrogens is 306 g/mol. The van der Waals surface area contributed by atoms with E-state index in [2.05, 4.69) is 0 Å². The summed E-state index contributed by atoms with van der Waals surface area (Å²) >= 11 is 6.04. The van der Waals surface area contributed by atoms with E-state index >= 15 is 0 Å². The molecule has 0 unspecified atom stereocenters. The van der Waals surface area contributed by atoms with Gasteiger partial charge in [-0.2, -0.15) is 0 Å². The van der Waals surface area contributed by atoms with Gasteiger partial charge in [0, 0.05) is 12.6 Å². The number of carboxylic acid groups (broad SMARTS) is 1. The van der Waals surface area contributed by atoms with Gasteiger partial charge in [-0.05, 0) is 18.9 Å². The molecule has 1 aliphatic rings. The second-order valence-electron chi connectivity index (χ2n) is 4.40. The molecule has 0 atom stereocenters. The minimum Gasteiger partial charge on any atom is -0.496 e. The lowest BCUT2D eigenvalue weighted by molar-refractivity contribution is 0.0693. The second-order valence-corrected chi connectivity index (χ2v) is 6.82. The summed E-state index contributed by atoms with van der Waals surface area (Å²) in [6.07, 6.45) is 1.35. The topological polar surface area (TPSA) is 83.9 Å². The van der Waals surface area contributed by atoms with Gasteiger partial charge < -0.3 is 9.84 Å². The maximum atomic E-state index is 12.1. The van der Waals surface area contributed by atoms with Crippen LogP contribution in [0.3, 0.4) is 0 Å². The van der Waals surface area contributed by atoms with Gasteiger partial charge in [0.15, 0.2) is 0 Å². The van der Waals surface area contributed by atoms with E-state index in [0.717, 1.165) is 6.42 Å². The number of rotatable bonds is 3. The van der Waals surface area contributed by atoms with Crippen molar-refractivity contribution >= 4 is 33.3 Å². The van der Waals surface area contributed by atoms with Gasteiger partial charge in [0.2, 0.25) is 10.0 Å². The number of benzene rings is 1. The smallest absolute Gasteiger partial charge is 0.339 e. The normalized spacial score (nSPS) is 17.8. The standard InChI is InChI=1S/C12H14ClNO5S/c1-19-11-7-10(9(13)6-8(11)12(15)16)14-4-2-3-5-20(14,17)18/h6-7H,2-5H2,1H3,(H,15,16). The second kappa shape index (κ2) is 5.49. The Morgan fingerprint density at radius 3 is 2.65 bits per heavy atom. The molecule has 1 fully saturated rings. The molecule has 1 heterocycles. The van der Waals surface area contributed by atoms with Gasteiger partial charge in [-0.1, -0.05) is 11.6 Å². The van der Waals surface area contributed by atoms with Crippen molar-refractivity contribution in [1.82, 2.24) is 0 Å². The molecule has 0 aliphatic carbocycles. The summed E-state index contributed by atoms with van der Waals surface area (Å²) in [5.74, 6) is -1.04. The first-order valence-corrected chi connectivity index (χ1v) is 7.97. The fraction of sp³-hybridized carbons (Fsp3) is 0.417. The van der Waals surface area contributed by atoms with Crippen molar-refractivity contribution in [2.75, 3.05) is 23.7 Å². The highest BCUT2D eigenvalue weighted by Gasteiger charge is 2.29. The number of methoxy groups -OCH3 is 1. The summed E-state index contributed by atoms with van der Waals surface area (Å²) in [4.78, 5) is 11.1. The zero-order chi connectivity index (χ0) is 14.9. The summed E-state index contributed by atoms with van der Waals surface area (Å²) < 4.78 is 30.3. The number of carbonyl (C=O) groups is 1. The first-order valence-electron chi connectivity index (χ1n) is 5.98. The molecular formula is C12H14ClNO5S. The van der Waals surface area contributed by atoms with Crippen molar-refractivity contribution in [1.29, 1.82) is 0 Å². The molecule has 0 saturated carbocycles. The number of aromatic carboxylic acids is 1. The van der Waals surface area contributed by atoms with Gasteiger partial charge in [0.05, 0.1) is 23.6 Å². The lowest BCUT2D eigenvalue weighted by Crippen LogP contribution is -2.38. The Morgan fingerprint density at radius 1 is 1.40 bits per heavy atom. The fourth-order valence-corrected chi connectivity index (χ4v) is 4.09. The molecule has 0 bridgehead atoms. The van der Waals surface area contributed by atoms with Gasteiger partial charge in [0.25, 0.3) is 0 Å². The highest BCUT2D eigenvalue weighted by molar-refractivity contribution is 7.92. The van der Waals surface area contributed by atoms with Crippen LogP contribution in [0.25, 0.3) is 0 Å². The van der Waals surface area contributed by atoms with Gasteiger partial charge >= 0.3 is 5.97 Å². The quantitative estimate of drug-likeness (QED) is 0.921. The number of nitrogens with zero attached hydrogens (tertiary/aromatic N) is 1. The Morgan fingerprint density at radius 2 is 2.10 bits per heavy atom. The van der Waals surface area contributed by atoms with Crippen LogP contribution in [0.15, 0.2) is 12.1 Å². The summed E-state index contributed by atoms with van der Waals surface area (Å²) in [6, 6.07) is 2.57. The van der Waals surface area contributed by atoms with Gasteiger partial charge in [-0.25, -0.2) is 13.2 Å². The molecule has 6 nitrogen and oxygen atoms in total. The van der Waals surface area contributed by atoms with Crippen LogP contribution in [0.4, 0.5) is 5.69 Å². The monoisotopic (exact) mass is 319 g/mol.